The molecule has 0 fully saturated rings. The zero-order chi connectivity index (χ0) is 12.6. The number of hydrogen-bond donors (Lipinski definition) is 2. The highest BCUT2D eigenvalue weighted by Gasteiger charge is 2.17. The van der Waals surface area contributed by atoms with Crippen molar-refractivity contribution in [1.82, 2.24) is 10.2 Å². The molecule has 0 atom stereocenters. The van der Waals surface area contributed by atoms with Gasteiger partial charge in [0.1, 0.15) is 10.0 Å². The summed E-state index contributed by atoms with van der Waals surface area (Å²) < 4.78 is 14.5. The van der Waals surface area contributed by atoms with Gasteiger partial charge in [-0.1, -0.05) is 34.7 Å². The number of nitrogens with two attached hydrogens (primary N) is 2. The molecule has 1 heterocycles. The van der Waals surface area contributed by atoms with Gasteiger partial charge in [0.25, 0.3) is 0 Å². The van der Waals surface area contributed by atoms with Gasteiger partial charge in [0, 0.05) is 0 Å². The van der Waals surface area contributed by atoms with Crippen molar-refractivity contribution in [2.45, 2.75) is 16.2 Å². The van der Waals surface area contributed by atoms with Gasteiger partial charge in [0.15, 0.2) is 10.2 Å². The van der Waals surface area contributed by atoms with E-state index in [9.17, 15) is 4.39 Å². The third-order valence-corrected chi connectivity index (χ3v) is 4.31. The van der Waals surface area contributed by atoms with Crippen molar-refractivity contribution in [1.29, 1.82) is 0 Å². The Bertz CT molecular complexity index is 572. The lowest BCUT2D eigenvalue weighted by Crippen LogP contribution is -1.97. The molecular formula is C9H8ClFN4S2. The summed E-state index contributed by atoms with van der Waals surface area (Å²) in [5.74, 6) is -0.623. The summed E-state index contributed by atoms with van der Waals surface area (Å²) in [7, 11) is 0. The third kappa shape index (κ3) is 2.46. The summed E-state index contributed by atoms with van der Waals surface area (Å²) in [4.78, 5) is 0.223. The van der Waals surface area contributed by atoms with Crippen LogP contribution in [0.25, 0.3) is 0 Å². The molecule has 0 amide bonds. The zero-order valence-electron chi connectivity index (χ0n) is 8.70. The number of aromatic nitrogens is 2. The average Bonchev–Trinajstić information content (AvgIpc) is 2.67. The summed E-state index contributed by atoms with van der Waals surface area (Å²) in [6.45, 7) is 1.82. The smallest absolute Gasteiger partial charge is 0.179 e. The molecule has 1 aromatic carbocycles. The molecule has 0 aliphatic carbocycles. The molecule has 0 unspecified atom stereocenters. The maximum Gasteiger partial charge on any atom is 0.179 e. The highest BCUT2D eigenvalue weighted by atomic mass is 35.5. The maximum absolute atomic E-state index is 13.9. The van der Waals surface area contributed by atoms with Crippen LogP contribution in [0.3, 0.4) is 0 Å². The van der Waals surface area contributed by atoms with Gasteiger partial charge in [-0.05, 0) is 13.0 Å². The monoisotopic (exact) mass is 290 g/mol. The Morgan fingerprint density at radius 2 is 2.06 bits per heavy atom. The van der Waals surface area contributed by atoms with Crippen LogP contribution in [0.15, 0.2) is 15.3 Å². The SMILES string of the molecule is Cc1nnc(Sc2c(N)cc(N)c(Cl)c2F)s1. The molecule has 0 aliphatic rings. The van der Waals surface area contributed by atoms with Crippen molar-refractivity contribution in [2.75, 3.05) is 11.5 Å². The Labute approximate surface area is 110 Å². The van der Waals surface area contributed by atoms with E-state index in [2.05, 4.69) is 10.2 Å². The fourth-order valence-corrected chi connectivity index (χ4v) is 3.18. The van der Waals surface area contributed by atoms with Crippen molar-refractivity contribution < 1.29 is 4.39 Å². The van der Waals surface area contributed by atoms with E-state index >= 15 is 0 Å². The predicted molar refractivity (Wildman–Crippen MR) is 69.0 cm³/mol. The van der Waals surface area contributed by atoms with E-state index in [0.29, 0.717) is 4.34 Å². The molecule has 2 rings (SSSR count). The molecule has 8 heteroatoms. The van der Waals surface area contributed by atoms with Crippen LogP contribution in [0.2, 0.25) is 5.02 Å². The van der Waals surface area contributed by atoms with Crippen molar-refractivity contribution in [3.63, 3.8) is 0 Å². The van der Waals surface area contributed by atoms with Gasteiger partial charge >= 0.3 is 0 Å². The number of nitrogens with zero attached hydrogens (tertiary/aromatic N) is 2. The number of rotatable bonds is 2. The highest BCUT2D eigenvalue weighted by molar-refractivity contribution is 8.01. The van der Waals surface area contributed by atoms with Crippen LogP contribution in [0.1, 0.15) is 5.01 Å². The Morgan fingerprint density at radius 3 is 2.65 bits per heavy atom. The number of anilines is 2. The van der Waals surface area contributed by atoms with Gasteiger partial charge in [0.2, 0.25) is 0 Å². The second-order valence-electron chi connectivity index (χ2n) is 3.20. The third-order valence-electron chi connectivity index (χ3n) is 1.92. The van der Waals surface area contributed by atoms with E-state index in [0.717, 1.165) is 16.8 Å². The Morgan fingerprint density at radius 1 is 1.35 bits per heavy atom. The van der Waals surface area contributed by atoms with Crippen molar-refractivity contribution in [2.24, 2.45) is 0 Å². The summed E-state index contributed by atoms with van der Waals surface area (Å²) in [5, 5.41) is 8.40. The first-order chi connectivity index (χ1) is 7.99. The second kappa shape index (κ2) is 4.67. The van der Waals surface area contributed by atoms with Gasteiger partial charge in [-0.3, -0.25) is 0 Å². The Hall–Kier alpha value is -1.05. The van der Waals surface area contributed by atoms with E-state index < -0.39 is 5.82 Å². The van der Waals surface area contributed by atoms with Crippen molar-refractivity contribution >= 4 is 46.1 Å². The lowest BCUT2D eigenvalue weighted by Gasteiger charge is -2.08. The molecule has 0 spiro atoms. The number of halogens is 2. The molecule has 1 aromatic heterocycles. The van der Waals surface area contributed by atoms with Crippen LogP contribution in [-0.2, 0) is 0 Å². The Balaban J connectivity index is 2.42. The minimum atomic E-state index is -0.623. The first-order valence-electron chi connectivity index (χ1n) is 4.50. The zero-order valence-corrected chi connectivity index (χ0v) is 11.1. The standard InChI is InChI=1S/C9H8ClFN4S2/c1-3-14-15-9(16-3)17-8-5(13)2-4(12)6(10)7(8)11/h2H,12-13H2,1H3. The number of benzene rings is 1. The molecule has 0 saturated heterocycles. The van der Waals surface area contributed by atoms with Crippen LogP contribution < -0.4 is 11.5 Å². The summed E-state index contributed by atoms with van der Waals surface area (Å²) in [6, 6.07) is 1.43. The summed E-state index contributed by atoms with van der Waals surface area (Å²) >= 11 is 8.17. The van der Waals surface area contributed by atoms with Gasteiger partial charge in [-0.2, -0.15) is 0 Å². The molecule has 4 nitrogen and oxygen atoms in total. The lowest BCUT2D eigenvalue weighted by molar-refractivity contribution is 0.604. The second-order valence-corrected chi connectivity index (χ2v) is 6.02. The van der Waals surface area contributed by atoms with E-state index in [-0.39, 0.29) is 21.3 Å². The molecule has 4 N–H and O–H groups in total. The molecule has 2 aromatic rings. The van der Waals surface area contributed by atoms with Gasteiger partial charge < -0.3 is 11.5 Å². The summed E-state index contributed by atoms with van der Waals surface area (Å²) in [5.41, 5.74) is 11.6. The van der Waals surface area contributed by atoms with E-state index in [1.807, 2.05) is 6.92 Å². The van der Waals surface area contributed by atoms with Gasteiger partial charge in [0.05, 0.1) is 16.3 Å². The average molecular weight is 291 g/mol. The molecule has 90 valence electrons. The normalized spacial score (nSPS) is 10.8. The van der Waals surface area contributed by atoms with Crippen LogP contribution in [0.4, 0.5) is 15.8 Å². The van der Waals surface area contributed by atoms with Crippen LogP contribution in [-0.4, -0.2) is 10.2 Å². The minimum Gasteiger partial charge on any atom is -0.398 e. The molecule has 0 saturated carbocycles. The van der Waals surface area contributed by atoms with Crippen LogP contribution >= 0.6 is 34.7 Å². The fraction of sp³-hybridized carbons (Fsp3) is 0.111. The lowest BCUT2D eigenvalue weighted by atomic mass is 10.3. The predicted octanol–water partition coefficient (Wildman–Crippen LogP) is 2.95. The first-order valence-corrected chi connectivity index (χ1v) is 6.51. The van der Waals surface area contributed by atoms with Gasteiger partial charge in [-0.25, -0.2) is 4.39 Å². The first kappa shape index (κ1) is 12.4. The molecule has 0 bridgehead atoms. The molecular weight excluding hydrogens is 283 g/mol. The maximum atomic E-state index is 13.9. The quantitative estimate of drug-likeness (QED) is 0.832. The van der Waals surface area contributed by atoms with Crippen molar-refractivity contribution in [3.8, 4) is 0 Å². The van der Waals surface area contributed by atoms with E-state index in [4.69, 9.17) is 23.1 Å². The van der Waals surface area contributed by atoms with Crippen LogP contribution in [0, 0.1) is 12.7 Å². The van der Waals surface area contributed by atoms with E-state index in [1.165, 1.54) is 17.4 Å². The molecule has 0 aliphatic heterocycles. The summed E-state index contributed by atoms with van der Waals surface area (Å²) in [6.07, 6.45) is 0. The largest absolute Gasteiger partial charge is 0.398 e. The van der Waals surface area contributed by atoms with Gasteiger partial charge in [-0.15, -0.1) is 10.2 Å². The van der Waals surface area contributed by atoms with Crippen molar-refractivity contribution in [3.05, 3.63) is 21.9 Å². The minimum absolute atomic E-state index is 0.122. The number of nitrogen functional groups attached to an aromatic ring is 2. The number of hydrogen-bond acceptors (Lipinski definition) is 6. The molecule has 0 radical (unpaired) electrons. The Kier molecular flexibility index (Phi) is 3.41. The topological polar surface area (TPSA) is 77.8 Å². The van der Waals surface area contributed by atoms with Crippen LogP contribution in [0.5, 0.6) is 0 Å². The number of aryl methyl sites for hydroxylation is 1. The van der Waals surface area contributed by atoms with E-state index in [1.54, 1.807) is 0 Å². The fourth-order valence-electron chi connectivity index (χ4n) is 1.16. The highest BCUT2D eigenvalue weighted by Crippen LogP contribution is 2.40. The molecule has 17 heavy (non-hydrogen) atoms.